The van der Waals surface area contributed by atoms with Crippen molar-refractivity contribution in [1.82, 2.24) is 5.16 Å². The molecule has 1 N–H and O–H groups in total. The highest BCUT2D eigenvalue weighted by atomic mass is 16.6. The minimum atomic E-state index is -0.444. The van der Waals surface area contributed by atoms with E-state index in [1.807, 2.05) is 13.8 Å². The quantitative estimate of drug-likeness (QED) is 0.651. The predicted molar refractivity (Wildman–Crippen MR) is 62.4 cm³/mol. The fourth-order valence-electron chi connectivity index (χ4n) is 1.39. The number of benzene rings is 1. The van der Waals surface area contributed by atoms with Gasteiger partial charge in [0, 0.05) is 11.6 Å². The van der Waals surface area contributed by atoms with Gasteiger partial charge in [-0.1, -0.05) is 17.3 Å². The normalized spacial score (nSPS) is 10.2. The number of nitrogens with zero attached hydrogens (tertiary/aromatic N) is 2. The summed E-state index contributed by atoms with van der Waals surface area (Å²) < 4.78 is 5.05. The smallest absolute Gasteiger partial charge is 0.292 e. The minimum absolute atomic E-state index is 0.000882. The molecule has 0 saturated carbocycles. The highest BCUT2D eigenvalue weighted by Gasteiger charge is 2.15. The van der Waals surface area contributed by atoms with Gasteiger partial charge in [-0.2, -0.15) is 0 Å². The lowest BCUT2D eigenvalue weighted by Gasteiger charge is -2.03. The maximum Gasteiger partial charge on any atom is 0.292 e. The van der Waals surface area contributed by atoms with Gasteiger partial charge in [-0.25, -0.2) is 0 Å². The second-order valence-corrected chi connectivity index (χ2v) is 3.62. The fourth-order valence-corrected chi connectivity index (χ4v) is 1.39. The molecule has 0 saturated heterocycles. The number of hydrogen-bond donors (Lipinski definition) is 1. The molecular weight excluding hydrogens is 222 g/mol. The van der Waals surface area contributed by atoms with Gasteiger partial charge < -0.3 is 9.84 Å². The van der Waals surface area contributed by atoms with Crippen LogP contribution in [0, 0.1) is 24.0 Å². The average molecular weight is 233 g/mol. The van der Waals surface area contributed by atoms with E-state index in [0.29, 0.717) is 11.6 Å². The number of hydrogen-bond acceptors (Lipinski definition) is 5. The molecule has 1 heterocycles. The lowest BCUT2D eigenvalue weighted by Crippen LogP contribution is -1.96. The molecule has 1 aromatic heterocycles. The van der Waals surface area contributed by atoms with Crippen LogP contribution in [0.25, 0.3) is 0 Å². The summed E-state index contributed by atoms with van der Waals surface area (Å²) >= 11 is 0. The number of aromatic nitrogens is 1. The summed E-state index contributed by atoms with van der Waals surface area (Å²) in [6.45, 7) is 3.65. The number of rotatable bonds is 3. The molecule has 88 valence electrons. The van der Waals surface area contributed by atoms with Crippen molar-refractivity contribution in [3.8, 4) is 0 Å². The van der Waals surface area contributed by atoms with E-state index < -0.39 is 4.92 Å². The Morgan fingerprint density at radius 3 is 2.65 bits per heavy atom. The average Bonchev–Trinajstić information content (AvgIpc) is 2.61. The summed E-state index contributed by atoms with van der Waals surface area (Å²) in [5, 5.41) is 17.5. The largest absolute Gasteiger partial charge is 0.338 e. The first-order valence-corrected chi connectivity index (χ1v) is 5.03. The van der Waals surface area contributed by atoms with Crippen molar-refractivity contribution in [3.05, 3.63) is 45.6 Å². The molecule has 0 bridgehead atoms. The predicted octanol–water partition coefficient (Wildman–Crippen LogP) is 2.94. The van der Waals surface area contributed by atoms with Crippen LogP contribution in [0.1, 0.15) is 11.3 Å². The van der Waals surface area contributed by atoms with Crippen LogP contribution in [0.5, 0.6) is 0 Å². The molecule has 0 fully saturated rings. The second-order valence-electron chi connectivity index (χ2n) is 3.62. The first-order valence-electron chi connectivity index (χ1n) is 5.03. The zero-order valence-electron chi connectivity index (χ0n) is 9.43. The van der Waals surface area contributed by atoms with Crippen LogP contribution in [0.2, 0.25) is 0 Å². The van der Waals surface area contributed by atoms with E-state index in [4.69, 9.17) is 4.52 Å². The zero-order valence-corrected chi connectivity index (χ0v) is 9.43. The third kappa shape index (κ3) is 2.10. The van der Waals surface area contributed by atoms with E-state index in [-0.39, 0.29) is 5.69 Å². The molecule has 0 amide bonds. The van der Waals surface area contributed by atoms with Gasteiger partial charge in [0.2, 0.25) is 5.88 Å². The molecule has 0 aliphatic heterocycles. The van der Waals surface area contributed by atoms with Crippen molar-refractivity contribution in [3.63, 3.8) is 0 Å². The van der Waals surface area contributed by atoms with Crippen molar-refractivity contribution in [2.24, 2.45) is 0 Å². The van der Waals surface area contributed by atoms with Crippen LogP contribution < -0.4 is 5.32 Å². The van der Waals surface area contributed by atoms with Crippen LogP contribution in [-0.4, -0.2) is 10.1 Å². The minimum Gasteiger partial charge on any atom is -0.338 e. The molecule has 17 heavy (non-hydrogen) atoms. The van der Waals surface area contributed by atoms with Crippen LogP contribution in [0.3, 0.4) is 0 Å². The molecule has 1 aromatic carbocycles. The Hall–Kier alpha value is -2.37. The number of aryl methyl sites for hydroxylation is 1. The van der Waals surface area contributed by atoms with Gasteiger partial charge in [-0.05, 0) is 19.9 Å². The summed E-state index contributed by atoms with van der Waals surface area (Å²) in [5.41, 5.74) is 1.98. The lowest BCUT2D eigenvalue weighted by atomic mass is 10.2. The Kier molecular flexibility index (Phi) is 2.78. The summed E-state index contributed by atoms with van der Waals surface area (Å²) in [6.07, 6.45) is 0. The van der Waals surface area contributed by atoms with Gasteiger partial charge in [0.1, 0.15) is 5.69 Å². The maximum absolute atomic E-state index is 10.8. The highest BCUT2D eigenvalue weighted by molar-refractivity contribution is 5.68. The van der Waals surface area contributed by atoms with Gasteiger partial charge in [-0.15, -0.1) is 0 Å². The van der Waals surface area contributed by atoms with Crippen LogP contribution in [-0.2, 0) is 0 Å². The van der Waals surface area contributed by atoms with Crippen molar-refractivity contribution in [1.29, 1.82) is 0 Å². The molecular formula is C11H11N3O3. The molecule has 2 rings (SSSR count). The van der Waals surface area contributed by atoms with Crippen molar-refractivity contribution >= 4 is 17.3 Å². The van der Waals surface area contributed by atoms with Gasteiger partial charge in [0.15, 0.2) is 0 Å². The summed E-state index contributed by atoms with van der Waals surface area (Å²) in [7, 11) is 0. The molecule has 0 radical (unpaired) electrons. The third-order valence-electron chi connectivity index (χ3n) is 2.51. The van der Waals surface area contributed by atoms with E-state index in [2.05, 4.69) is 10.5 Å². The third-order valence-corrected chi connectivity index (χ3v) is 2.51. The molecule has 0 atom stereocenters. The topological polar surface area (TPSA) is 81.2 Å². The summed E-state index contributed by atoms with van der Waals surface area (Å²) in [6, 6.07) is 6.38. The van der Waals surface area contributed by atoms with E-state index in [9.17, 15) is 10.1 Å². The molecule has 6 heteroatoms. The van der Waals surface area contributed by atoms with Crippen molar-refractivity contribution in [2.45, 2.75) is 13.8 Å². The van der Waals surface area contributed by atoms with Gasteiger partial charge in [-0.3, -0.25) is 10.1 Å². The fraction of sp³-hybridized carbons (Fsp3) is 0.182. The van der Waals surface area contributed by atoms with Gasteiger partial charge in [0.25, 0.3) is 5.69 Å². The molecule has 0 spiro atoms. The SMILES string of the molecule is Cc1noc(Nc2ccccc2[N+](=O)[O-])c1C. The molecule has 0 unspecified atom stereocenters. The zero-order chi connectivity index (χ0) is 12.4. The standard InChI is InChI=1S/C11H11N3O3/c1-7-8(2)13-17-11(7)12-9-5-3-4-6-10(9)14(15)16/h3-6,12H,1-2H3. The second kappa shape index (κ2) is 4.25. The number of nitro groups is 1. The van der Waals surface area contributed by atoms with Gasteiger partial charge in [0.05, 0.1) is 10.6 Å². The molecule has 6 nitrogen and oxygen atoms in total. The number of anilines is 2. The summed E-state index contributed by atoms with van der Waals surface area (Å²) in [4.78, 5) is 10.4. The Balaban J connectivity index is 2.36. The first kappa shape index (κ1) is 11.1. The Bertz CT molecular complexity index is 563. The monoisotopic (exact) mass is 233 g/mol. The molecule has 0 aliphatic rings. The van der Waals surface area contributed by atoms with Gasteiger partial charge >= 0.3 is 0 Å². The molecule has 2 aromatic rings. The Labute approximate surface area is 97.4 Å². The van der Waals surface area contributed by atoms with E-state index in [1.165, 1.54) is 6.07 Å². The first-order chi connectivity index (χ1) is 8.09. The number of para-hydroxylation sites is 2. The Morgan fingerprint density at radius 2 is 2.06 bits per heavy atom. The number of nitrogens with one attached hydrogen (secondary N) is 1. The highest BCUT2D eigenvalue weighted by Crippen LogP contribution is 2.29. The lowest BCUT2D eigenvalue weighted by molar-refractivity contribution is -0.383. The van der Waals surface area contributed by atoms with Crippen molar-refractivity contribution in [2.75, 3.05) is 5.32 Å². The molecule has 0 aliphatic carbocycles. The summed E-state index contributed by atoms with van der Waals surface area (Å²) in [5.74, 6) is 0.428. The van der Waals surface area contributed by atoms with E-state index in [1.54, 1.807) is 18.2 Å². The van der Waals surface area contributed by atoms with Crippen molar-refractivity contribution < 1.29 is 9.45 Å². The van der Waals surface area contributed by atoms with E-state index in [0.717, 1.165) is 11.3 Å². The Morgan fingerprint density at radius 1 is 1.35 bits per heavy atom. The van der Waals surface area contributed by atoms with Crippen LogP contribution >= 0.6 is 0 Å². The van der Waals surface area contributed by atoms with Crippen LogP contribution in [0.15, 0.2) is 28.8 Å². The van der Waals surface area contributed by atoms with Crippen LogP contribution in [0.4, 0.5) is 17.3 Å². The number of nitro benzene ring substituents is 1. The van der Waals surface area contributed by atoms with E-state index >= 15 is 0 Å². The maximum atomic E-state index is 10.8.